The number of thiophene rings is 1. The van der Waals surface area contributed by atoms with Crippen LogP contribution in [0.25, 0.3) is 0 Å². The molecule has 20 heavy (non-hydrogen) atoms. The van der Waals surface area contributed by atoms with E-state index in [0.717, 1.165) is 45.0 Å². The van der Waals surface area contributed by atoms with Crippen molar-refractivity contribution in [3.8, 4) is 0 Å². The zero-order chi connectivity index (χ0) is 13.9. The summed E-state index contributed by atoms with van der Waals surface area (Å²) >= 11 is 5.25. The van der Waals surface area contributed by atoms with Crippen LogP contribution in [0.15, 0.2) is 20.9 Å². The fourth-order valence-corrected chi connectivity index (χ4v) is 3.01. The molecule has 0 unspecified atom stereocenters. The van der Waals surface area contributed by atoms with E-state index in [1.54, 1.807) is 18.4 Å². The second-order valence-corrected chi connectivity index (χ2v) is 6.54. The van der Waals surface area contributed by atoms with E-state index in [1.807, 2.05) is 0 Å². The average Bonchev–Trinajstić information content (AvgIpc) is 2.80. The highest BCUT2D eigenvalue weighted by molar-refractivity contribution is 14.0. The fraction of sp³-hybridized carbons (Fsp3) is 0.615. The van der Waals surface area contributed by atoms with Gasteiger partial charge >= 0.3 is 0 Å². The van der Waals surface area contributed by atoms with Gasteiger partial charge in [-0.15, -0.1) is 35.3 Å². The minimum atomic E-state index is 0. The van der Waals surface area contributed by atoms with Gasteiger partial charge in [0.1, 0.15) is 0 Å². The van der Waals surface area contributed by atoms with Crippen LogP contribution in [0.2, 0.25) is 0 Å². The Balaban J connectivity index is 0.00000361. The summed E-state index contributed by atoms with van der Waals surface area (Å²) in [5.74, 6) is 0.884. The van der Waals surface area contributed by atoms with Gasteiger partial charge < -0.3 is 15.4 Å². The Hall–Kier alpha value is 0.140. The predicted octanol–water partition coefficient (Wildman–Crippen LogP) is 3.26. The van der Waals surface area contributed by atoms with E-state index in [1.165, 1.54) is 8.66 Å². The van der Waals surface area contributed by atoms with E-state index >= 15 is 0 Å². The summed E-state index contributed by atoms with van der Waals surface area (Å²) in [6, 6.07) is 4.24. The van der Waals surface area contributed by atoms with E-state index in [9.17, 15) is 0 Å². The van der Waals surface area contributed by atoms with Gasteiger partial charge in [-0.05, 0) is 47.8 Å². The van der Waals surface area contributed by atoms with Crippen LogP contribution in [0.1, 0.15) is 18.2 Å². The van der Waals surface area contributed by atoms with Crippen molar-refractivity contribution in [1.29, 1.82) is 0 Å². The molecule has 1 heterocycles. The Kier molecular flexibility index (Phi) is 12.9. The van der Waals surface area contributed by atoms with Gasteiger partial charge in [0.2, 0.25) is 0 Å². The van der Waals surface area contributed by atoms with Crippen molar-refractivity contribution < 1.29 is 4.74 Å². The van der Waals surface area contributed by atoms with Crippen LogP contribution in [-0.4, -0.2) is 39.3 Å². The normalized spacial score (nSPS) is 11.1. The van der Waals surface area contributed by atoms with Crippen LogP contribution in [0.3, 0.4) is 0 Å². The van der Waals surface area contributed by atoms with Crippen molar-refractivity contribution >= 4 is 57.2 Å². The summed E-state index contributed by atoms with van der Waals surface area (Å²) in [6.45, 7) is 5.38. The van der Waals surface area contributed by atoms with Crippen LogP contribution in [0.4, 0.5) is 0 Å². The molecular formula is C13H23BrIN3OS. The lowest BCUT2D eigenvalue weighted by molar-refractivity contribution is 0.197. The fourth-order valence-electron chi connectivity index (χ4n) is 1.53. The highest BCUT2D eigenvalue weighted by atomic mass is 127. The summed E-state index contributed by atoms with van der Waals surface area (Å²) in [5, 5.41) is 6.59. The Bertz CT molecular complexity index is 387. The Labute approximate surface area is 150 Å². The van der Waals surface area contributed by atoms with Crippen LogP contribution < -0.4 is 10.6 Å². The van der Waals surface area contributed by atoms with Gasteiger partial charge in [0, 0.05) is 38.2 Å². The van der Waals surface area contributed by atoms with Crippen molar-refractivity contribution in [1.82, 2.24) is 10.6 Å². The van der Waals surface area contributed by atoms with Crippen LogP contribution in [0.5, 0.6) is 0 Å². The number of guanidine groups is 1. The van der Waals surface area contributed by atoms with Crippen molar-refractivity contribution in [3.63, 3.8) is 0 Å². The number of nitrogens with one attached hydrogen (secondary N) is 2. The number of halogens is 2. The summed E-state index contributed by atoms with van der Waals surface area (Å²) < 4.78 is 6.19. The van der Waals surface area contributed by atoms with E-state index in [4.69, 9.17) is 4.74 Å². The topological polar surface area (TPSA) is 45.7 Å². The molecule has 0 aliphatic carbocycles. The molecule has 1 aromatic heterocycles. The number of hydrogen-bond donors (Lipinski definition) is 2. The number of aliphatic imine (C=N–C) groups is 1. The summed E-state index contributed by atoms with van der Waals surface area (Å²) in [6.07, 6.45) is 1.96. The molecule has 116 valence electrons. The van der Waals surface area contributed by atoms with Crippen LogP contribution in [-0.2, 0) is 11.2 Å². The van der Waals surface area contributed by atoms with Gasteiger partial charge in [-0.3, -0.25) is 4.99 Å². The highest BCUT2D eigenvalue weighted by Gasteiger charge is 1.99. The zero-order valence-electron chi connectivity index (χ0n) is 11.9. The first-order valence-electron chi connectivity index (χ1n) is 6.51. The van der Waals surface area contributed by atoms with Crippen molar-refractivity contribution in [2.45, 2.75) is 19.8 Å². The molecular weight excluding hydrogens is 453 g/mol. The number of ether oxygens (including phenoxy) is 1. The van der Waals surface area contributed by atoms with Gasteiger partial charge in [0.25, 0.3) is 0 Å². The van der Waals surface area contributed by atoms with Gasteiger partial charge in [-0.2, -0.15) is 0 Å². The molecule has 0 aliphatic heterocycles. The molecule has 0 fully saturated rings. The monoisotopic (exact) mass is 475 g/mol. The predicted molar refractivity (Wildman–Crippen MR) is 102 cm³/mol. The standard InChI is InChI=1S/C13H22BrN3OS.HI/c1-3-15-13(16-8-4-10-18-2)17-9-7-11-5-6-12(14)19-11;/h5-6H,3-4,7-10H2,1-2H3,(H2,15,16,17);1H. The number of rotatable bonds is 8. The Morgan fingerprint density at radius 1 is 1.40 bits per heavy atom. The molecule has 0 radical (unpaired) electrons. The maximum Gasteiger partial charge on any atom is 0.191 e. The van der Waals surface area contributed by atoms with Crippen LogP contribution in [0, 0.1) is 0 Å². The number of methoxy groups -OCH3 is 1. The van der Waals surface area contributed by atoms with Gasteiger partial charge in [0.15, 0.2) is 5.96 Å². The van der Waals surface area contributed by atoms with E-state index in [-0.39, 0.29) is 24.0 Å². The number of nitrogens with zero attached hydrogens (tertiary/aromatic N) is 1. The first-order valence-corrected chi connectivity index (χ1v) is 8.12. The number of hydrogen-bond acceptors (Lipinski definition) is 3. The maximum atomic E-state index is 5.01. The zero-order valence-corrected chi connectivity index (χ0v) is 16.7. The third kappa shape index (κ3) is 9.15. The molecule has 0 saturated carbocycles. The lowest BCUT2D eigenvalue weighted by Gasteiger charge is -2.10. The molecule has 0 aliphatic rings. The van der Waals surface area contributed by atoms with Crippen molar-refractivity contribution in [2.75, 3.05) is 33.4 Å². The molecule has 0 atom stereocenters. The first-order chi connectivity index (χ1) is 9.26. The van der Waals surface area contributed by atoms with E-state index in [0.29, 0.717) is 0 Å². The quantitative estimate of drug-likeness (QED) is 0.262. The largest absolute Gasteiger partial charge is 0.385 e. The highest BCUT2D eigenvalue weighted by Crippen LogP contribution is 2.21. The second-order valence-electron chi connectivity index (χ2n) is 3.99. The summed E-state index contributed by atoms with van der Waals surface area (Å²) in [4.78, 5) is 5.87. The average molecular weight is 476 g/mol. The Morgan fingerprint density at radius 3 is 2.80 bits per heavy atom. The van der Waals surface area contributed by atoms with Gasteiger partial charge in [-0.25, -0.2) is 0 Å². The minimum Gasteiger partial charge on any atom is -0.385 e. The molecule has 4 nitrogen and oxygen atoms in total. The minimum absolute atomic E-state index is 0. The smallest absolute Gasteiger partial charge is 0.191 e. The molecule has 1 aromatic rings. The maximum absolute atomic E-state index is 5.01. The third-order valence-electron chi connectivity index (χ3n) is 2.41. The molecule has 1 rings (SSSR count). The van der Waals surface area contributed by atoms with E-state index in [2.05, 4.69) is 50.6 Å². The lowest BCUT2D eigenvalue weighted by Crippen LogP contribution is -2.38. The molecule has 0 amide bonds. The molecule has 0 bridgehead atoms. The van der Waals surface area contributed by atoms with Crippen molar-refractivity contribution in [3.05, 3.63) is 20.8 Å². The lowest BCUT2D eigenvalue weighted by atomic mass is 10.3. The SMILES string of the molecule is CCNC(=NCCCOC)NCCc1ccc(Br)s1.I. The molecule has 7 heteroatoms. The molecule has 0 spiro atoms. The first kappa shape index (κ1) is 20.1. The van der Waals surface area contributed by atoms with E-state index < -0.39 is 0 Å². The summed E-state index contributed by atoms with van der Waals surface area (Å²) in [7, 11) is 1.71. The summed E-state index contributed by atoms with van der Waals surface area (Å²) in [5.41, 5.74) is 0. The molecule has 2 N–H and O–H groups in total. The van der Waals surface area contributed by atoms with Crippen LogP contribution >= 0.6 is 51.2 Å². The molecule has 0 aromatic carbocycles. The van der Waals surface area contributed by atoms with Gasteiger partial charge in [-0.1, -0.05) is 0 Å². The second kappa shape index (κ2) is 12.8. The molecule has 0 saturated heterocycles. The van der Waals surface area contributed by atoms with Gasteiger partial charge in [0.05, 0.1) is 3.79 Å². The third-order valence-corrected chi connectivity index (χ3v) is 4.10. The Morgan fingerprint density at radius 2 is 2.20 bits per heavy atom. The van der Waals surface area contributed by atoms with Crippen molar-refractivity contribution in [2.24, 2.45) is 4.99 Å².